The molecule has 0 bridgehead atoms. The van der Waals surface area contributed by atoms with Crippen molar-refractivity contribution in [2.75, 3.05) is 44.2 Å². The van der Waals surface area contributed by atoms with Gasteiger partial charge in [-0.3, -0.25) is 9.69 Å². The monoisotopic (exact) mass is 408 g/mol. The summed E-state index contributed by atoms with van der Waals surface area (Å²) >= 11 is 0. The SMILES string of the molecule is O=C(O)Cc1ccc(OCCN2CCN(c3cccc(C(F)(F)F)c3)CC2)cc1. The summed E-state index contributed by atoms with van der Waals surface area (Å²) in [6, 6.07) is 12.4. The van der Waals surface area contributed by atoms with Crippen LogP contribution >= 0.6 is 0 Å². The minimum absolute atomic E-state index is 0.0174. The summed E-state index contributed by atoms with van der Waals surface area (Å²) < 4.78 is 44.4. The number of benzene rings is 2. The molecule has 0 radical (unpaired) electrons. The summed E-state index contributed by atoms with van der Waals surface area (Å²) in [6.07, 6.45) is -4.35. The number of piperazine rings is 1. The highest BCUT2D eigenvalue weighted by molar-refractivity contribution is 5.70. The van der Waals surface area contributed by atoms with Gasteiger partial charge in [0.25, 0.3) is 0 Å². The predicted molar refractivity (Wildman–Crippen MR) is 103 cm³/mol. The van der Waals surface area contributed by atoms with Crippen LogP contribution in [-0.4, -0.2) is 55.3 Å². The minimum atomic E-state index is -4.33. The molecule has 0 atom stereocenters. The molecule has 1 fully saturated rings. The maximum atomic E-state index is 12.9. The van der Waals surface area contributed by atoms with Gasteiger partial charge in [0.1, 0.15) is 12.4 Å². The second kappa shape index (κ2) is 9.17. The fraction of sp³-hybridized carbons (Fsp3) is 0.381. The lowest BCUT2D eigenvalue weighted by Crippen LogP contribution is -2.47. The van der Waals surface area contributed by atoms with E-state index < -0.39 is 17.7 Å². The largest absolute Gasteiger partial charge is 0.492 e. The van der Waals surface area contributed by atoms with Crippen LogP contribution in [0.1, 0.15) is 11.1 Å². The average molecular weight is 408 g/mol. The van der Waals surface area contributed by atoms with Crippen LogP contribution in [0, 0.1) is 0 Å². The van der Waals surface area contributed by atoms with Crippen molar-refractivity contribution in [3.05, 3.63) is 59.7 Å². The van der Waals surface area contributed by atoms with Gasteiger partial charge in [-0.25, -0.2) is 0 Å². The summed E-state index contributed by atoms with van der Waals surface area (Å²) in [5.41, 5.74) is 0.688. The molecule has 0 saturated carbocycles. The number of anilines is 1. The Morgan fingerprint density at radius 3 is 2.34 bits per heavy atom. The molecule has 3 rings (SSSR count). The van der Waals surface area contributed by atoms with E-state index in [1.807, 2.05) is 4.90 Å². The first-order valence-electron chi connectivity index (χ1n) is 9.39. The topological polar surface area (TPSA) is 53.0 Å². The highest BCUT2D eigenvalue weighted by atomic mass is 19.4. The molecule has 1 saturated heterocycles. The second-order valence-corrected chi connectivity index (χ2v) is 6.94. The fourth-order valence-corrected chi connectivity index (χ4v) is 3.28. The molecule has 1 heterocycles. The molecule has 1 N–H and O–H groups in total. The molecule has 0 amide bonds. The normalized spacial score (nSPS) is 15.3. The molecule has 2 aromatic carbocycles. The molecule has 156 valence electrons. The number of rotatable bonds is 7. The molecule has 1 aliphatic rings. The zero-order valence-corrected chi connectivity index (χ0v) is 15.9. The Bertz CT molecular complexity index is 817. The van der Waals surface area contributed by atoms with Crippen molar-refractivity contribution in [3.63, 3.8) is 0 Å². The van der Waals surface area contributed by atoms with E-state index in [2.05, 4.69) is 4.90 Å². The number of alkyl halides is 3. The number of carbonyl (C=O) groups is 1. The lowest BCUT2D eigenvalue weighted by molar-refractivity contribution is -0.138. The zero-order chi connectivity index (χ0) is 20.9. The van der Waals surface area contributed by atoms with E-state index in [4.69, 9.17) is 9.84 Å². The molecule has 5 nitrogen and oxygen atoms in total. The first kappa shape index (κ1) is 21.0. The summed E-state index contributed by atoms with van der Waals surface area (Å²) in [5, 5.41) is 8.77. The molecule has 29 heavy (non-hydrogen) atoms. The third-order valence-corrected chi connectivity index (χ3v) is 4.87. The Morgan fingerprint density at radius 2 is 1.72 bits per heavy atom. The Morgan fingerprint density at radius 1 is 1.03 bits per heavy atom. The number of aliphatic carboxylic acids is 1. The molecule has 0 aromatic heterocycles. The van der Waals surface area contributed by atoms with Gasteiger partial charge in [0, 0.05) is 38.4 Å². The van der Waals surface area contributed by atoms with Crippen LogP contribution in [0.4, 0.5) is 18.9 Å². The van der Waals surface area contributed by atoms with Crippen molar-refractivity contribution in [2.45, 2.75) is 12.6 Å². The number of hydrogen-bond acceptors (Lipinski definition) is 4. The van der Waals surface area contributed by atoms with Gasteiger partial charge in [-0.2, -0.15) is 13.2 Å². The van der Waals surface area contributed by atoms with Crippen molar-refractivity contribution in [1.82, 2.24) is 4.90 Å². The van der Waals surface area contributed by atoms with Gasteiger partial charge < -0.3 is 14.7 Å². The number of carboxylic acids is 1. The summed E-state index contributed by atoms with van der Waals surface area (Å²) in [5.74, 6) is -0.190. The van der Waals surface area contributed by atoms with Gasteiger partial charge >= 0.3 is 12.1 Å². The number of halogens is 3. The van der Waals surface area contributed by atoms with E-state index in [0.29, 0.717) is 37.7 Å². The van der Waals surface area contributed by atoms with Crippen LogP contribution in [0.3, 0.4) is 0 Å². The van der Waals surface area contributed by atoms with E-state index in [0.717, 1.165) is 24.7 Å². The minimum Gasteiger partial charge on any atom is -0.492 e. The van der Waals surface area contributed by atoms with Crippen molar-refractivity contribution in [3.8, 4) is 5.75 Å². The lowest BCUT2D eigenvalue weighted by atomic mass is 10.1. The van der Waals surface area contributed by atoms with E-state index in [9.17, 15) is 18.0 Å². The number of carboxylic acid groups (broad SMARTS) is 1. The van der Waals surface area contributed by atoms with Gasteiger partial charge in [-0.05, 0) is 35.9 Å². The first-order chi connectivity index (χ1) is 13.8. The summed E-state index contributed by atoms with van der Waals surface area (Å²) in [6.45, 7) is 4.01. The highest BCUT2D eigenvalue weighted by Gasteiger charge is 2.31. The third kappa shape index (κ3) is 6.12. The molecule has 8 heteroatoms. The van der Waals surface area contributed by atoms with Gasteiger partial charge in [-0.15, -0.1) is 0 Å². The van der Waals surface area contributed by atoms with Crippen LogP contribution in [0.2, 0.25) is 0 Å². The van der Waals surface area contributed by atoms with Crippen LogP contribution in [0.15, 0.2) is 48.5 Å². The van der Waals surface area contributed by atoms with Gasteiger partial charge in [0.2, 0.25) is 0 Å². The van der Waals surface area contributed by atoms with Crippen LogP contribution in [-0.2, 0) is 17.4 Å². The van der Waals surface area contributed by atoms with Gasteiger partial charge in [-0.1, -0.05) is 18.2 Å². The molecule has 0 spiro atoms. The molecule has 1 aliphatic heterocycles. The quantitative estimate of drug-likeness (QED) is 0.760. The molecule has 2 aromatic rings. The Kier molecular flexibility index (Phi) is 6.64. The first-order valence-corrected chi connectivity index (χ1v) is 9.39. The molecular weight excluding hydrogens is 385 g/mol. The van der Waals surface area contributed by atoms with E-state index >= 15 is 0 Å². The third-order valence-electron chi connectivity index (χ3n) is 4.87. The van der Waals surface area contributed by atoms with Gasteiger partial charge in [0.15, 0.2) is 0 Å². The van der Waals surface area contributed by atoms with E-state index in [-0.39, 0.29) is 6.42 Å². The van der Waals surface area contributed by atoms with Crippen molar-refractivity contribution in [2.24, 2.45) is 0 Å². The van der Waals surface area contributed by atoms with Crippen LogP contribution in [0.25, 0.3) is 0 Å². The van der Waals surface area contributed by atoms with Crippen molar-refractivity contribution in [1.29, 1.82) is 0 Å². The maximum Gasteiger partial charge on any atom is 0.416 e. The Labute approximate surface area is 167 Å². The smallest absolute Gasteiger partial charge is 0.416 e. The number of ether oxygens (including phenoxy) is 1. The van der Waals surface area contributed by atoms with E-state index in [1.165, 1.54) is 12.1 Å². The molecular formula is C21H23F3N2O3. The number of hydrogen-bond donors (Lipinski definition) is 1. The standard InChI is InChI=1S/C21H23F3N2O3/c22-21(23,24)17-2-1-3-18(15-17)26-10-8-25(9-11-26)12-13-29-19-6-4-16(5-7-19)14-20(27)28/h1-7,15H,8-14H2,(H,27,28). The maximum absolute atomic E-state index is 12.9. The van der Waals surface area contributed by atoms with E-state index in [1.54, 1.807) is 30.3 Å². The highest BCUT2D eigenvalue weighted by Crippen LogP contribution is 2.31. The number of nitrogens with zero attached hydrogens (tertiary/aromatic N) is 2. The van der Waals surface area contributed by atoms with Crippen LogP contribution < -0.4 is 9.64 Å². The lowest BCUT2D eigenvalue weighted by Gasteiger charge is -2.36. The van der Waals surface area contributed by atoms with Crippen molar-refractivity contribution < 1.29 is 27.8 Å². The predicted octanol–water partition coefficient (Wildman–Crippen LogP) is 3.53. The molecule has 0 unspecified atom stereocenters. The van der Waals surface area contributed by atoms with Crippen LogP contribution in [0.5, 0.6) is 5.75 Å². The summed E-state index contributed by atoms with van der Waals surface area (Å²) in [4.78, 5) is 14.9. The molecule has 0 aliphatic carbocycles. The fourth-order valence-electron chi connectivity index (χ4n) is 3.28. The van der Waals surface area contributed by atoms with Gasteiger partial charge in [0.05, 0.1) is 12.0 Å². The summed E-state index contributed by atoms with van der Waals surface area (Å²) in [7, 11) is 0. The Hall–Kier alpha value is -2.74. The average Bonchev–Trinajstić information content (AvgIpc) is 2.69. The van der Waals surface area contributed by atoms with Crippen molar-refractivity contribution >= 4 is 11.7 Å². The Balaban J connectivity index is 1.43. The zero-order valence-electron chi connectivity index (χ0n) is 15.9. The second-order valence-electron chi connectivity index (χ2n) is 6.94.